The molecule has 0 spiro atoms. The quantitative estimate of drug-likeness (QED) is 0.297. The lowest BCUT2D eigenvalue weighted by molar-refractivity contribution is -0.155. The summed E-state index contributed by atoms with van der Waals surface area (Å²) in [6.07, 6.45) is 10.4. The second-order valence-electron chi connectivity index (χ2n) is 12.9. The van der Waals surface area contributed by atoms with E-state index in [0.29, 0.717) is 24.4 Å². The number of aliphatic hydroxyl groups excluding tert-OH is 1. The molecule has 5 nitrogen and oxygen atoms in total. The van der Waals surface area contributed by atoms with E-state index in [1.54, 1.807) is 0 Å². The number of carbonyl (C=O) groups is 1. The van der Waals surface area contributed by atoms with Crippen LogP contribution in [0.3, 0.4) is 0 Å². The van der Waals surface area contributed by atoms with Crippen molar-refractivity contribution in [1.82, 2.24) is 0 Å². The molecule has 3 fully saturated rings. The van der Waals surface area contributed by atoms with E-state index in [4.69, 9.17) is 13.9 Å². The minimum absolute atomic E-state index is 0.0927. The highest BCUT2D eigenvalue weighted by Crippen LogP contribution is 2.58. The van der Waals surface area contributed by atoms with Gasteiger partial charge in [0.05, 0.1) is 0 Å². The van der Waals surface area contributed by atoms with Crippen LogP contribution in [0.15, 0.2) is 12.2 Å². The molecule has 184 valence electrons. The van der Waals surface area contributed by atoms with Gasteiger partial charge in [0.1, 0.15) is 0 Å². The fourth-order valence-electron chi connectivity index (χ4n) is 6.26. The number of cyclic esters (lactones) is 1. The van der Waals surface area contributed by atoms with Crippen LogP contribution in [0.25, 0.3) is 0 Å². The van der Waals surface area contributed by atoms with Crippen LogP contribution >= 0.6 is 0 Å². The number of aliphatic hydroxyl groups is 1. The molecule has 7 atom stereocenters. The molecule has 2 unspecified atom stereocenters. The zero-order valence-corrected chi connectivity index (χ0v) is 22.6. The van der Waals surface area contributed by atoms with Crippen LogP contribution < -0.4 is 0 Å². The topological polar surface area (TPSA) is 65.0 Å². The molecule has 32 heavy (non-hydrogen) atoms. The Balaban J connectivity index is 1.68. The summed E-state index contributed by atoms with van der Waals surface area (Å²) in [4.78, 5) is 12.5. The molecular weight excluding hydrogens is 420 g/mol. The maximum Gasteiger partial charge on any atom is 0.340 e. The summed E-state index contributed by atoms with van der Waals surface area (Å²) in [6, 6.07) is 0. The molecule has 6 heteroatoms. The first-order chi connectivity index (χ1) is 14.7. The van der Waals surface area contributed by atoms with Gasteiger partial charge in [0, 0.05) is 30.5 Å². The smallest absolute Gasteiger partial charge is 0.340 e. The van der Waals surface area contributed by atoms with Crippen molar-refractivity contribution in [3.63, 3.8) is 0 Å². The summed E-state index contributed by atoms with van der Waals surface area (Å²) in [6.45, 7) is 17.3. The second kappa shape index (κ2) is 9.16. The number of carbonyl (C=O) groups excluding carboxylic acids is 1. The molecule has 2 aliphatic carbocycles. The Bertz CT molecular complexity index is 708. The molecule has 0 radical (unpaired) electrons. The van der Waals surface area contributed by atoms with Gasteiger partial charge in [0.15, 0.2) is 13.9 Å². The molecule has 1 heterocycles. The highest BCUT2D eigenvalue weighted by atomic mass is 28.4. The van der Waals surface area contributed by atoms with Gasteiger partial charge in [-0.3, -0.25) is 0 Å². The normalized spacial score (nSPS) is 39.3. The maximum absolute atomic E-state index is 12.5. The largest absolute Gasteiger partial charge is 0.433 e. The van der Waals surface area contributed by atoms with E-state index in [-0.39, 0.29) is 29.3 Å². The van der Waals surface area contributed by atoms with E-state index in [1.165, 1.54) is 25.7 Å². The van der Waals surface area contributed by atoms with Gasteiger partial charge < -0.3 is 19.0 Å². The van der Waals surface area contributed by atoms with Crippen LogP contribution in [0.4, 0.5) is 0 Å². The van der Waals surface area contributed by atoms with Crippen molar-refractivity contribution >= 4 is 14.3 Å². The SMILES string of the molecule is CC(C)(C)[C@@H]1OC(=O)[C@@](C)(CC=C[C@@H](CO)[C@H]2CCC3C(O[Si](C)(C)C)CCC[C@]32C)O1. The molecule has 0 bridgehead atoms. The van der Waals surface area contributed by atoms with Crippen molar-refractivity contribution < 1.29 is 23.8 Å². The van der Waals surface area contributed by atoms with Gasteiger partial charge in [0.2, 0.25) is 6.29 Å². The molecule has 0 aromatic heterocycles. The van der Waals surface area contributed by atoms with Gasteiger partial charge in [-0.15, -0.1) is 0 Å². The van der Waals surface area contributed by atoms with E-state index in [2.05, 4.69) is 32.6 Å². The van der Waals surface area contributed by atoms with Crippen molar-refractivity contribution in [1.29, 1.82) is 0 Å². The van der Waals surface area contributed by atoms with E-state index in [0.717, 1.165) is 6.42 Å². The molecule has 1 aliphatic heterocycles. The van der Waals surface area contributed by atoms with Crippen molar-refractivity contribution in [3.8, 4) is 0 Å². The lowest BCUT2D eigenvalue weighted by Crippen LogP contribution is -2.46. The first-order valence-electron chi connectivity index (χ1n) is 12.5. The summed E-state index contributed by atoms with van der Waals surface area (Å²) < 4.78 is 18.2. The highest BCUT2D eigenvalue weighted by molar-refractivity contribution is 6.69. The van der Waals surface area contributed by atoms with Gasteiger partial charge in [-0.1, -0.05) is 46.3 Å². The lowest BCUT2D eigenvalue weighted by atomic mass is 9.61. The first kappa shape index (κ1) is 25.9. The van der Waals surface area contributed by atoms with E-state index in [1.807, 2.05) is 33.8 Å². The summed E-state index contributed by atoms with van der Waals surface area (Å²) in [5.41, 5.74) is -1.02. The van der Waals surface area contributed by atoms with Crippen molar-refractivity contribution in [2.24, 2.45) is 28.6 Å². The summed E-state index contributed by atoms with van der Waals surface area (Å²) in [7, 11) is -1.59. The third kappa shape index (κ3) is 5.34. The standard InChI is InChI=1S/C26H46O5Si/c1-24(2,3)23-29-22(28)26(5,30-23)16-9-11-18(17-27)19-13-14-20-21(31-32(6,7)8)12-10-15-25(19,20)4/h9,11,18-21,23,27H,10,12-17H2,1-8H3/t18-,19+,20?,21?,23+,25-,26+/m0/s1. The monoisotopic (exact) mass is 466 g/mol. The zero-order chi connectivity index (χ0) is 23.9. The summed E-state index contributed by atoms with van der Waals surface area (Å²) in [5.74, 6) is 0.811. The fourth-order valence-corrected chi connectivity index (χ4v) is 7.45. The number of hydrogen-bond acceptors (Lipinski definition) is 5. The Hall–Kier alpha value is -0.693. The number of esters is 1. The lowest BCUT2D eigenvalue weighted by Gasteiger charge is -2.47. The molecule has 1 saturated heterocycles. The van der Waals surface area contributed by atoms with Gasteiger partial charge in [-0.25, -0.2) is 4.79 Å². The molecule has 0 aromatic carbocycles. The van der Waals surface area contributed by atoms with Crippen molar-refractivity contribution in [3.05, 3.63) is 12.2 Å². The average molecular weight is 467 g/mol. The summed E-state index contributed by atoms with van der Waals surface area (Å²) >= 11 is 0. The van der Waals surface area contributed by atoms with Gasteiger partial charge in [-0.2, -0.15) is 0 Å². The third-order valence-electron chi connectivity index (χ3n) is 7.98. The molecule has 3 aliphatic rings. The highest BCUT2D eigenvalue weighted by Gasteiger charge is 2.54. The van der Waals surface area contributed by atoms with E-state index in [9.17, 15) is 9.90 Å². The predicted octanol–water partition coefficient (Wildman–Crippen LogP) is 5.68. The Morgan fingerprint density at radius 3 is 2.47 bits per heavy atom. The maximum atomic E-state index is 12.5. The summed E-state index contributed by atoms with van der Waals surface area (Å²) in [5, 5.41) is 10.3. The Labute approximate surface area is 196 Å². The van der Waals surface area contributed by atoms with Crippen LogP contribution in [-0.2, 0) is 18.7 Å². The van der Waals surface area contributed by atoms with Gasteiger partial charge in [0.25, 0.3) is 0 Å². The number of hydrogen-bond donors (Lipinski definition) is 1. The Morgan fingerprint density at radius 1 is 1.22 bits per heavy atom. The molecule has 1 N–H and O–H groups in total. The van der Waals surface area contributed by atoms with Crippen LogP contribution in [0, 0.1) is 28.6 Å². The van der Waals surface area contributed by atoms with Gasteiger partial charge >= 0.3 is 5.97 Å². The average Bonchev–Trinajstić information content (AvgIpc) is 3.15. The number of fused-ring (bicyclic) bond motifs is 1. The predicted molar refractivity (Wildman–Crippen MR) is 130 cm³/mol. The van der Waals surface area contributed by atoms with Crippen LogP contribution in [0.5, 0.6) is 0 Å². The fraction of sp³-hybridized carbons (Fsp3) is 0.885. The second-order valence-corrected chi connectivity index (χ2v) is 17.3. The van der Waals surface area contributed by atoms with Crippen LogP contribution in [-0.4, -0.2) is 44.0 Å². The molecule has 3 rings (SSSR count). The first-order valence-corrected chi connectivity index (χ1v) is 15.9. The van der Waals surface area contributed by atoms with Crippen molar-refractivity contribution in [2.75, 3.05) is 6.61 Å². The molecule has 0 aromatic rings. The van der Waals surface area contributed by atoms with E-state index >= 15 is 0 Å². The number of rotatable bonds is 7. The van der Waals surface area contributed by atoms with E-state index < -0.39 is 20.2 Å². The van der Waals surface area contributed by atoms with Crippen molar-refractivity contribution in [2.45, 2.75) is 111 Å². The third-order valence-corrected chi connectivity index (χ3v) is 8.99. The Morgan fingerprint density at radius 2 is 1.91 bits per heavy atom. The minimum Gasteiger partial charge on any atom is -0.433 e. The molecule has 0 amide bonds. The van der Waals surface area contributed by atoms with Crippen LogP contribution in [0.2, 0.25) is 19.6 Å². The molecule has 2 saturated carbocycles. The molecular formula is C26H46O5Si. The zero-order valence-electron chi connectivity index (χ0n) is 21.6. The number of ether oxygens (including phenoxy) is 2. The van der Waals surface area contributed by atoms with Gasteiger partial charge in [-0.05, 0) is 69.5 Å². The van der Waals surface area contributed by atoms with Crippen LogP contribution in [0.1, 0.15) is 73.1 Å². The minimum atomic E-state index is -1.59. The Kier molecular flexibility index (Phi) is 7.42.